The van der Waals surface area contributed by atoms with Crippen molar-refractivity contribution in [1.82, 2.24) is 4.31 Å². The number of piperazine rings is 1. The van der Waals surface area contributed by atoms with Crippen LogP contribution in [0.2, 0.25) is 0 Å². The lowest BCUT2D eigenvalue weighted by Crippen LogP contribution is -2.48. The largest absolute Gasteiger partial charge is 0.369 e. The highest BCUT2D eigenvalue weighted by atomic mass is 32.2. The molecule has 2 heterocycles. The van der Waals surface area contributed by atoms with Crippen LogP contribution >= 0.6 is 0 Å². The van der Waals surface area contributed by atoms with Crippen molar-refractivity contribution in [2.75, 3.05) is 41.7 Å². The molecule has 1 fully saturated rings. The summed E-state index contributed by atoms with van der Waals surface area (Å²) in [4.78, 5) is 26.4. The van der Waals surface area contributed by atoms with Crippen LogP contribution in [-0.2, 0) is 19.6 Å². The van der Waals surface area contributed by atoms with E-state index in [0.29, 0.717) is 31.9 Å². The number of hydrogen-bond acceptors (Lipinski definition) is 5. The van der Waals surface area contributed by atoms with Gasteiger partial charge in [-0.05, 0) is 56.2 Å². The molecule has 0 aliphatic carbocycles. The van der Waals surface area contributed by atoms with Crippen molar-refractivity contribution in [2.45, 2.75) is 25.7 Å². The van der Waals surface area contributed by atoms with E-state index >= 15 is 0 Å². The maximum absolute atomic E-state index is 13.2. The van der Waals surface area contributed by atoms with E-state index in [1.165, 1.54) is 40.6 Å². The first kappa shape index (κ1) is 21.3. The normalized spacial score (nSPS) is 20.0. The molecule has 31 heavy (non-hydrogen) atoms. The summed E-state index contributed by atoms with van der Waals surface area (Å²) in [7, 11) is -3.73. The number of aryl methyl sites for hydroxylation is 1. The van der Waals surface area contributed by atoms with Gasteiger partial charge in [0.05, 0.1) is 16.3 Å². The number of benzene rings is 2. The molecule has 4 rings (SSSR count). The average molecular weight is 443 g/mol. The van der Waals surface area contributed by atoms with Crippen LogP contribution in [-0.4, -0.2) is 50.7 Å². The Morgan fingerprint density at radius 1 is 0.903 bits per heavy atom. The van der Waals surface area contributed by atoms with Crippen molar-refractivity contribution in [3.05, 3.63) is 47.5 Å². The van der Waals surface area contributed by atoms with Gasteiger partial charge in [0, 0.05) is 31.9 Å². The smallest absolute Gasteiger partial charge is 0.243 e. The molecule has 9 heteroatoms. The van der Waals surface area contributed by atoms with E-state index in [1.54, 1.807) is 0 Å². The molecule has 0 spiro atoms. The van der Waals surface area contributed by atoms with E-state index in [2.05, 4.69) is 41.5 Å². The van der Waals surface area contributed by atoms with Crippen LogP contribution in [0.15, 0.2) is 41.3 Å². The molecular weight excluding hydrogens is 416 g/mol. The number of carbonyl (C=O) groups is 2. The lowest BCUT2D eigenvalue weighted by molar-refractivity contribution is -0.128. The zero-order valence-corrected chi connectivity index (χ0v) is 18.6. The predicted octanol–water partition coefficient (Wildman–Crippen LogP) is 2.34. The Morgan fingerprint density at radius 2 is 1.55 bits per heavy atom. The van der Waals surface area contributed by atoms with Crippen molar-refractivity contribution >= 4 is 38.9 Å². The highest BCUT2D eigenvalue weighted by Crippen LogP contribution is 2.31. The van der Waals surface area contributed by atoms with Crippen molar-refractivity contribution in [3.63, 3.8) is 0 Å². The Bertz CT molecular complexity index is 1150. The maximum atomic E-state index is 13.2. The van der Waals surface area contributed by atoms with Crippen LogP contribution in [0.4, 0.5) is 17.1 Å². The van der Waals surface area contributed by atoms with E-state index < -0.39 is 27.8 Å². The van der Waals surface area contributed by atoms with Gasteiger partial charge in [0.1, 0.15) is 5.92 Å². The monoisotopic (exact) mass is 442 g/mol. The molecule has 2 aromatic carbocycles. The summed E-state index contributed by atoms with van der Waals surface area (Å²) in [6.07, 6.45) is 0. The second-order valence-electron chi connectivity index (χ2n) is 8.02. The zero-order valence-electron chi connectivity index (χ0n) is 17.8. The molecule has 2 aromatic rings. The zero-order chi connectivity index (χ0) is 22.3. The number of nitrogens with zero attached hydrogens (tertiary/aromatic N) is 2. The van der Waals surface area contributed by atoms with Crippen LogP contribution in [0, 0.1) is 19.8 Å². The van der Waals surface area contributed by atoms with Gasteiger partial charge in [0.25, 0.3) is 0 Å². The average Bonchev–Trinajstić information content (AvgIpc) is 2.86. The fraction of sp³-hybridized carbons (Fsp3) is 0.364. The fourth-order valence-electron chi connectivity index (χ4n) is 3.89. The number of rotatable bonds is 3. The third kappa shape index (κ3) is 3.90. The summed E-state index contributed by atoms with van der Waals surface area (Å²) < 4.78 is 27.9. The van der Waals surface area contributed by atoms with E-state index in [4.69, 9.17) is 0 Å². The number of sulfonamides is 1. The highest BCUT2D eigenvalue weighted by Gasteiger charge is 2.31. The van der Waals surface area contributed by atoms with Gasteiger partial charge in [-0.2, -0.15) is 4.31 Å². The topological polar surface area (TPSA) is 98.8 Å². The third-order valence-corrected chi connectivity index (χ3v) is 7.98. The van der Waals surface area contributed by atoms with Crippen LogP contribution in [0.1, 0.15) is 18.1 Å². The molecule has 2 aliphatic rings. The predicted molar refractivity (Wildman–Crippen MR) is 120 cm³/mol. The SMILES string of the molecule is Cc1cccc(N2CCN(S(=O)(=O)c3ccc4c(c3)NC(=O)C(C)C(=O)N4)CC2)c1C. The van der Waals surface area contributed by atoms with Crippen molar-refractivity contribution < 1.29 is 18.0 Å². The summed E-state index contributed by atoms with van der Waals surface area (Å²) in [6, 6.07) is 10.6. The molecule has 1 atom stereocenters. The Labute approximate surface area is 182 Å². The van der Waals surface area contributed by atoms with Gasteiger partial charge in [-0.1, -0.05) is 12.1 Å². The first-order valence-electron chi connectivity index (χ1n) is 10.3. The lowest BCUT2D eigenvalue weighted by atomic mass is 10.1. The standard InChI is InChI=1S/C22H26N4O4S/c1-14-5-4-6-20(15(14)2)25-9-11-26(12-10-25)31(29,30)17-7-8-18-19(13-17)24-22(28)16(3)21(27)23-18/h4-8,13,16H,9-12H2,1-3H3,(H,23,27)(H,24,28). The molecule has 2 aliphatic heterocycles. The summed E-state index contributed by atoms with van der Waals surface area (Å²) in [6.45, 7) is 7.58. The van der Waals surface area contributed by atoms with Crippen molar-refractivity contribution in [2.24, 2.45) is 5.92 Å². The molecule has 8 nitrogen and oxygen atoms in total. The molecular formula is C22H26N4O4S. The first-order chi connectivity index (χ1) is 14.7. The Hall–Kier alpha value is -2.91. The maximum Gasteiger partial charge on any atom is 0.243 e. The van der Waals surface area contributed by atoms with Gasteiger partial charge >= 0.3 is 0 Å². The number of amides is 2. The molecule has 0 aromatic heterocycles. The highest BCUT2D eigenvalue weighted by molar-refractivity contribution is 7.89. The number of anilines is 3. The van der Waals surface area contributed by atoms with Gasteiger partial charge in [-0.25, -0.2) is 8.42 Å². The quantitative estimate of drug-likeness (QED) is 0.711. The molecule has 0 radical (unpaired) electrons. The molecule has 0 saturated carbocycles. The second-order valence-corrected chi connectivity index (χ2v) is 9.96. The van der Waals surface area contributed by atoms with E-state index in [-0.39, 0.29) is 10.6 Å². The van der Waals surface area contributed by atoms with Gasteiger partial charge in [0.15, 0.2) is 0 Å². The number of hydrogen-bond donors (Lipinski definition) is 2. The van der Waals surface area contributed by atoms with Gasteiger partial charge in [-0.3, -0.25) is 9.59 Å². The van der Waals surface area contributed by atoms with Crippen LogP contribution in [0.3, 0.4) is 0 Å². The van der Waals surface area contributed by atoms with Crippen molar-refractivity contribution in [1.29, 1.82) is 0 Å². The molecule has 0 bridgehead atoms. The summed E-state index contributed by atoms with van der Waals surface area (Å²) >= 11 is 0. The molecule has 2 N–H and O–H groups in total. The first-order valence-corrected chi connectivity index (χ1v) is 11.7. The summed E-state index contributed by atoms with van der Waals surface area (Å²) in [5.74, 6) is -1.74. The van der Waals surface area contributed by atoms with Crippen LogP contribution < -0.4 is 15.5 Å². The third-order valence-electron chi connectivity index (χ3n) is 6.09. The summed E-state index contributed by atoms with van der Waals surface area (Å²) in [5, 5.41) is 5.30. The number of nitrogens with one attached hydrogen (secondary N) is 2. The molecule has 1 unspecified atom stereocenters. The summed E-state index contributed by atoms with van der Waals surface area (Å²) in [5.41, 5.74) is 4.23. The molecule has 164 valence electrons. The van der Waals surface area contributed by atoms with Gasteiger partial charge < -0.3 is 15.5 Å². The lowest BCUT2D eigenvalue weighted by Gasteiger charge is -2.36. The van der Waals surface area contributed by atoms with E-state index in [1.807, 2.05) is 6.07 Å². The minimum atomic E-state index is -3.73. The Kier molecular flexibility index (Phi) is 5.49. The van der Waals surface area contributed by atoms with E-state index in [9.17, 15) is 18.0 Å². The minimum absolute atomic E-state index is 0.0931. The number of carbonyl (C=O) groups excluding carboxylic acids is 2. The van der Waals surface area contributed by atoms with Crippen LogP contribution in [0.5, 0.6) is 0 Å². The Balaban J connectivity index is 1.54. The van der Waals surface area contributed by atoms with Crippen LogP contribution in [0.25, 0.3) is 0 Å². The molecule has 1 saturated heterocycles. The van der Waals surface area contributed by atoms with E-state index in [0.717, 1.165) is 5.69 Å². The van der Waals surface area contributed by atoms with Gasteiger partial charge in [-0.15, -0.1) is 0 Å². The van der Waals surface area contributed by atoms with Crippen molar-refractivity contribution in [3.8, 4) is 0 Å². The minimum Gasteiger partial charge on any atom is -0.369 e. The second kappa shape index (κ2) is 7.97. The Morgan fingerprint density at radius 3 is 2.23 bits per heavy atom. The molecule has 2 amide bonds. The fourth-order valence-corrected chi connectivity index (χ4v) is 5.34. The van der Waals surface area contributed by atoms with Gasteiger partial charge in [0.2, 0.25) is 21.8 Å². The number of fused-ring (bicyclic) bond motifs is 1.